The highest BCUT2D eigenvalue weighted by Gasteiger charge is 2.36. The van der Waals surface area contributed by atoms with E-state index in [2.05, 4.69) is 20.2 Å². The van der Waals surface area contributed by atoms with Gasteiger partial charge < -0.3 is 15.0 Å². The minimum Gasteiger partial charge on any atom is -0.379 e. The number of aromatic amines is 1. The number of nitrogens with zero attached hydrogens (tertiary/aromatic N) is 2. The van der Waals surface area contributed by atoms with Crippen molar-refractivity contribution in [1.29, 1.82) is 0 Å². The maximum absolute atomic E-state index is 12.7. The summed E-state index contributed by atoms with van der Waals surface area (Å²) < 4.78 is 5.36. The van der Waals surface area contributed by atoms with Gasteiger partial charge >= 0.3 is 0 Å². The Morgan fingerprint density at radius 1 is 1.52 bits per heavy atom. The van der Waals surface area contributed by atoms with E-state index in [1.807, 2.05) is 27.7 Å². The largest absolute Gasteiger partial charge is 0.379 e. The van der Waals surface area contributed by atoms with Crippen molar-refractivity contribution in [3.05, 3.63) is 17.7 Å². The van der Waals surface area contributed by atoms with Crippen LogP contribution in [0.5, 0.6) is 0 Å². The third-order valence-corrected chi connectivity index (χ3v) is 4.12. The number of aryl methyl sites for hydroxylation is 1. The third-order valence-electron chi connectivity index (χ3n) is 4.12. The molecule has 6 nitrogen and oxygen atoms in total. The van der Waals surface area contributed by atoms with Gasteiger partial charge in [0.05, 0.1) is 24.8 Å². The van der Waals surface area contributed by atoms with Crippen LogP contribution in [0.3, 0.4) is 0 Å². The molecule has 1 aromatic heterocycles. The zero-order chi connectivity index (χ0) is 15.5. The van der Waals surface area contributed by atoms with Gasteiger partial charge in [-0.2, -0.15) is 0 Å². The lowest BCUT2D eigenvalue weighted by Gasteiger charge is -2.40. The molecule has 2 rings (SSSR count). The number of H-pyrrole nitrogens is 1. The third kappa shape index (κ3) is 3.63. The Kier molecular flexibility index (Phi) is 5.00. The second kappa shape index (κ2) is 6.58. The lowest BCUT2D eigenvalue weighted by molar-refractivity contribution is -0.135. The SMILES string of the molecule is CC[C@H](NC(=O)C(C)(C)N1CCOCC1)c1ncc(C)[nH]1. The van der Waals surface area contributed by atoms with Crippen molar-refractivity contribution in [3.8, 4) is 0 Å². The molecular weight excluding hydrogens is 268 g/mol. The quantitative estimate of drug-likeness (QED) is 0.861. The van der Waals surface area contributed by atoms with E-state index in [-0.39, 0.29) is 11.9 Å². The molecule has 21 heavy (non-hydrogen) atoms. The summed E-state index contributed by atoms with van der Waals surface area (Å²) >= 11 is 0. The summed E-state index contributed by atoms with van der Waals surface area (Å²) in [5.41, 5.74) is 0.462. The molecule has 0 spiro atoms. The molecule has 1 fully saturated rings. The minimum absolute atomic E-state index is 0.0327. The van der Waals surface area contributed by atoms with Crippen LogP contribution < -0.4 is 5.32 Å². The van der Waals surface area contributed by atoms with Gasteiger partial charge in [-0.15, -0.1) is 0 Å². The molecule has 2 heterocycles. The van der Waals surface area contributed by atoms with Crippen LogP contribution >= 0.6 is 0 Å². The number of carbonyl (C=O) groups is 1. The number of morpholine rings is 1. The number of rotatable bonds is 5. The molecule has 1 amide bonds. The fraction of sp³-hybridized carbons (Fsp3) is 0.733. The van der Waals surface area contributed by atoms with E-state index in [4.69, 9.17) is 4.74 Å². The molecular formula is C15H26N4O2. The van der Waals surface area contributed by atoms with Gasteiger partial charge in [-0.3, -0.25) is 9.69 Å². The fourth-order valence-corrected chi connectivity index (χ4v) is 2.57. The van der Waals surface area contributed by atoms with Crippen molar-refractivity contribution in [2.75, 3.05) is 26.3 Å². The molecule has 1 aliphatic heterocycles. The van der Waals surface area contributed by atoms with Gasteiger partial charge in [0.15, 0.2) is 0 Å². The van der Waals surface area contributed by atoms with Crippen molar-refractivity contribution >= 4 is 5.91 Å². The molecule has 0 aliphatic carbocycles. The molecule has 0 unspecified atom stereocenters. The fourth-order valence-electron chi connectivity index (χ4n) is 2.57. The second-order valence-corrected chi connectivity index (χ2v) is 6.04. The van der Waals surface area contributed by atoms with Crippen molar-refractivity contribution in [2.24, 2.45) is 0 Å². The van der Waals surface area contributed by atoms with Gasteiger partial charge in [0, 0.05) is 25.0 Å². The van der Waals surface area contributed by atoms with Crippen LogP contribution in [0.1, 0.15) is 44.8 Å². The average molecular weight is 294 g/mol. The number of amides is 1. The Hall–Kier alpha value is -1.40. The zero-order valence-corrected chi connectivity index (χ0v) is 13.4. The number of carbonyl (C=O) groups excluding carboxylic acids is 1. The molecule has 0 bridgehead atoms. The molecule has 1 saturated heterocycles. The van der Waals surface area contributed by atoms with E-state index >= 15 is 0 Å². The topological polar surface area (TPSA) is 70.2 Å². The van der Waals surface area contributed by atoms with E-state index < -0.39 is 5.54 Å². The minimum atomic E-state index is -0.543. The lowest BCUT2D eigenvalue weighted by Crippen LogP contribution is -2.58. The molecule has 6 heteroatoms. The highest BCUT2D eigenvalue weighted by atomic mass is 16.5. The van der Waals surface area contributed by atoms with E-state index in [1.54, 1.807) is 6.20 Å². The molecule has 2 N–H and O–H groups in total. The van der Waals surface area contributed by atoms with Crippen LogP contribution in [0, 0.1) is 6.92 Å². The summed E-state index contributed by atoms with van der Waals surface area (Å²) in [4.78, 5) is 22.4. The number of hydrogen-bond donors (Lipinski definition) is 2. The average Bonchev–Trinajstić information content (AvgIpc) is 2.91. The summed E-state index contributed by atoms with van der Waals surface area (Å²) in [5.74, 6) is 0.853. The Labute approximate surface area is 126 Å². The van der Waals surface area contributed by atoms with Crippen molar-refractivity contribution in [3.63, 3.8) is 0 Å². The first-order valence-corrected chi connectivity index (χ1v) is 7.60. The normalized spacial score (nSPS) is 18.5. The van der Waals surface area contributed by atoms with E-state index in [0.29, 0.717) is 13.2 Å². The van der Waals surface area contributed by atoms with Crippen LogP contribution in [-0.2, 0) is 9.53 Å². The number of imidazole rings is 1. The second-order valence-electron chi connectivity index (χ2n) is 6.04. The first kappa shape index (κ1) is 16.0. The molecule has 1 aliphatic rings. The van der Waals surface area contributed by atoms with E-state index in [1.165, 1.54) is 0 Å². The van der Waals surface area contributed by atoms with E-state index in [9.17, 15) is 4.79 Å². The number of ether oxygens (including phenoxy) is 1. The monoisotopic (exact) mass is 294 g/mol. The lowest BCUT2D eigenvalue weighted by atomic mass is 10.00. The van der Waals surface area contributed by atoms with Gasteiger partial charge in [-0.05, 0) is 27.2 Å². The van der Waals surface area contributed by atoms with Gasteiger partial charge in [-0.25, -0.2) is 4.98 Å². The van der Waals surface area contributed by atoms with Crippen LogP contribution in [0.15, 0.2) is 6.20 Å². The Balaban J connectivity index is 2.04. The van der Waals surface area contributed by atoms with Crippen molar-refractivity contribution < 1.29 is 9.53 Å². The molecule has 1 aromatic rings. The summed E-state index contributed by atoms with van der Waals surface area (Å²) in [6.45, 7) is 10.9. The number of nitrogens with one attached hydrogen (secondary N) is 2. The first-order valence-electron chi connectivity index (χ1n) is 7.60. The highest BCUT2D eigenvalue weighted by Crippen LogP contribution is 2.20. The predicted molar refractivity (Wildman–Crippen MR) is 81.0 cm³/mol. The summed E-state index contributed by atoms with van der Waals surface area (Å²) in [5, 5.41) is 3.12. The van der Waals surface area contributed by atoms with E-state index in [0.717, 1.165) is 31.0 Å². The summed E-state index contributed by atoms with van der Waals surface area (Å²) in [7, 11) is 0. The van der Waals surface area contributed by atoms with Gasteiger partial charge in [0.2, 0.25) is 5.91 Å². The van der Waals surface area contributed by atoms with Crippen LogP contribution in [0.25, 0.3) is 0 Å². The number of aromatic nitrogens is 2. The first-order chi connectivity index (χ1) is 9.95. The highest BCUT2D eigenvalue weighted by molar-refractivity contribution is 5.85. The molecule has 0 radical (unpaired) electrons. The van der Waals surface area contributed by atoms with Crippen LogP contribution in [0.2, 0.25) is 0 Å². The molecule has 0 saturated carbocycles. The summed E-state index contributed by atoms with van der Waals surface area (Å²) in [6, 6.07) is -0.0773. The van der Waals surface area contributed by atoms with Crippen LogP contribution in [-0.4, -0.2) is 52.6 Å². The Morgan fingerprint density at radius 3 is 2.71 bits per heavy atom. The molecule has 118 valence electrons. The maximum Gasteiger partial charge on any atom is 0.240 e. The zero-order valence-electron chi connectivity index (χ0n) is 13.4. The Morgan fingerprint density at radius 2 is 2.19 bits per heavy atom. The smallest absolute Gasteiger partial charge is 0.240 e. The Bertz CT molecular complexity index is 478. The van der Waals surface area contributed by atoms with Gasteiger partial charge in [-0.1, -0.05) is 6.92 Å². The molecule has 0 aromatic carbocycles. The summed E-state index contributed by atoms with van der Waals surface area (Å²) in [6.07, 6.45) is 2.59. The van der Waals surface area contributed by atoms with Crippen molar-refractivity contribution in [1.82, 2.24) is 20.2 Å². The van der Waals surface area contributed by atoms with Gasteiger partial charge in [0.25, 0.3) is 0 Å². The van der Waals surface area contributed by atoms with Gasteiger partial charge in [0.1, 0.15) is 5.82 Å². The molecule has 1 atom stereocenters. The predicted octanol–water partition coefficient (Wildman–Crippen LogP) is 1.40. The van der Waals surface area contributed by atoms with Crippen molar-refractivity contribution in [2.45, 2.75) is 45.7 Å². The maximum atomic E-state index is 12.7. The van der Waals surface area contributed by atoms with Crippen LogP contribution in [0.4, 0.5) is 0 Å². The standard InChI is InChI=1S/C15H26N4O2/c1-5-12(13-16-10-11(2)17-13)18-14(20)15(3,4)19-6-8-21-9-7-19/h10,12H,5-9H2,1-4H3,(H,16,17)(H,18,20)/t12-/m0/s1. The number of hydrogen-bond acceptors (Lipinski definition) is 4.